The van der Waals surface area contributed by atoms with Gasteiger partial charge in [-0.15, -0.1) is 0 Å². The Balaban J connectivity index is 1.57. The Morgan fingerprint density at radius 3 is 2.61 bits per heavy atom. The molecule has 9 heteroatoms. The zero-order valence-electron chi connectivity index (χ0n) is 16.6. The zero-order chi connectivity index (χ0) is 21.8. The number of methoxy groups -OCH3 is 1. The number of nitrogens with zero attached hydrogens (tertiary/aromatic N) is 2. The molecule has 0 bridgehead atoms. The van der Waals surface area contributed by atoms with Gasteiger partial charge in [-0.1, -0.05) is 41.3 Å². The number of thiazole rings is 1. The van der Waals surface area contributed by atoms with Crippen molar-refractivity contribution in [1.29, 1.82) is 0 Å². The van der Waals surface area contributed by atoms with Crippen LogP contribution >= 0.6 is 23.1 Å². The maximum absolute atomic E-state index is 12.8. The summed E-state index contributed by atoms with van der Waals surface area (Å²) in [6.45, 7) is 1.24. The molecule has 0 unspecified atom stereocenters. The number of nitrogens with one attached hydrogen (secondary N) is 1. The minimum atomic E-state index is -0.580. The van der Waals surface area contributed by atoms with Crippen molar-refractivity contribution in [2.75, 3.05) is 12.4 Å². The van der Waals surface area contributed by atoms with E-state index in [1.165, 1.54) is 37.6 Å². The molecule has 2 aromatic carbocycles. The monoisotopic (exact) mass is 451 g/mol. The predicted octanol–water partition coefficient (Wildman–Crippen LogP) is 5.03. The van der Waals surface area contributed by atoms with Crippen molar-refractivity contribution < 1.29 is 19.1 Å². The van der Waals surface area contributed by atoms with Crippen LogP contribution in [0.1, 0.15) is 17.4 Å². The van der Waals surface area contributed by atoms with Gasteiger partial charge in [0.25, 0.3) is 5.91 Å². The van der Waals surface area contributed by atoms with Crippen molar-refractivity contribution in [1.82, 2.24) is 9.97 Å². The Labute approximate surface area is 186 Å². The quantitative estimate of drug-likeness (QED) is 0.411. The lowest BCUT2D eigenvalue weighted by molar-refractivity contribution is -0.132. The molecule has 0 saturated heterocycles. The molecule has 1 N–H and O–H groups in total. The molecule has 0 radical (unpaired) electrons. The predicted molar refractivity (Wildman–Crippen MR) is 120 cm³/mol. The summed E-state index contributed by atoms with van der Waals surface area (Å²) in [7, 11) is 1.42. The number of ether oxygens (including phenoxy) is 2. The van der Waals surface area contributed by atoms with Crippen LogP contribution in [0.3, 0.4) is 0 Å². The molecule has 0 aliphatic heterocycles. The highest BCUT2D eigenvalue weighted by molar-refractivity contribution is 7.99. The molecule has 0 aliphatic rings. The lowest BCUT2D eigenvalue weighted by atomic mass is 10.3. The van der Waals surface area contributed by atoms with E-state index in [1.807, 2.05) is 36.4 Å². The van der Waals surface area contributed by atoms with Gasteiger partial charge in [-0.3, -0.25) is 14.9 Å². The number of pyridine rings is 1. The Bertz CT molecular complexity index is 1260. The standard InChI is InChI=1S/C22H17N3O4S2/c1-13(26)29-20-17(28-2)10-11-23-19(20)21(27)25-22-24-16-9-8-15(12-18(16)31-22)30-14-6-4-3-5-7-14/h3-12H,1-2H3,(H,24,25,27). The molecule has 0 spiro atoms. The first-order valence-electron chi connectivity index (χ1n) is 9.20. The minimum absolute atomic E-state index is 0.0299. The number of anilines is 1. The van der Waals surface area contributed by atoms with E-state index in [2.05, 4.69) is 27.4 Å². The molecular weight excluding hydrogens is 434 g/mol. The molecule has 0 aliphatic carbocycles. The second kappa shape index (κ2) is 9.15. The summed E-state index contributed by atoms with van der Waals surface area (Å²) in [6.07, 6.45) is 1.41. The van der Waals surface area contributed by atoms with E-state index in [1.54, 1.807) is 11.8 Å². The van der Waals surface area contributed by atoms with E-state index in [0.29, 0.717) is 5.13 Å². The van der Waals surface area contributed by atoms with Crippen molar-refractivity contribution in [3.05, 3.63) is 66.5 Å². The smallest absolute Gasteiger partial charge is 0.308 e. The second-order valence-corrected chi connectivity index (χ2v) is 8.48. The highest BCUT2D eigenvalue weighted by atomic mass is 32.2. The molecular formula is C22H17N3O4S2. The maximum Gasteiger partial charge on any atom is 0.308 e. The first-order valence-corrected chi connectivity index (χ1v) is 10.8. The van der Waals surface area contributed by atoms with Crippen LogP contribution < -0.4 is 14.8 Å². The average molecular weight is 452 g/mol. The number of hydrogen-bond acceptors (Lipinski definition) is 8. The van der Waals surface area contributed by atoms with Gasteiger partial charge in [0.15, 0.2) is 16.6 Å². The third-order valence-electron chi connectivity index (χ3n) is 4.11. The van der Waals surface area contributed by atoms with E-state index in [4.69, 9.17) is 9.47 Å². The van der Waals surface area contributed by atoms with E-state index in [-0.39, 0.29) is 17.2 Å². The van der Waals surface area contributed by atoms with Crippen molar-refractivity contribution in [3.8, 4) is 11.5 Å². The summed E-state index contributed by atoms with van der Waals surface area (Å²) < 4.78 is 11.3. The molecule has 0 saturated carbocycles. The molecule has 31 heavy (non-hydrogen) atoms. The molecule has 4 aromatic rings. The van der Waals surface area contributed by atoms with Gasteiger partial charge in [0.2, 0.25) is 5.75 Å². The van der Waals surface area contributed by atoms with Crippen molar-refractivity contribution in [2.24, 2.45) is 0 Å². The van der Waals surface area contributed by atoms with Crippen molar-refractivity contribution >= 4 is 50.3 Å². The zero-order valence-corrected chi connectivity index (χ0v) is 18.3. The Kier molecular flexibility index (Phi) is 6.15. The highest BCUT2D eigenvalue weighted by Crippen LogP contribution is 2.34. The Morgan fingerprint density at radius 2 is 1.87 bits per heavy atom. The van der Waals surface area contributed by atoms with Crippen LogP contribution in [0.5, 0.6) is 11.5 Å². The molecule has 2 heterocycles. The summed E-state index contributed by atoms with van der Waals surface area (Å²) in [6, 6.07) is 17.5. The third kappa shape index (κ3) is 4.84. The van der Waals surface area contributed by atoms with Crippen LogP contribution in [0.15, 0.2) is 70.6 Å². The highest BCUT2D eigenvalue weighted by Gasteiger charge is 2.21. The molecule has 4 rings (SSSR count). The summed E-state index contributed by atoms with van der Waals surface area (Å²) >= 11 is 3.00. The summed E-state index contributed by atoms with van der Waals surface area (Å²) in [5, 5.41) is 3.15. The number of carbonyl (C=O) groups excluding carboxylic acids is 2. The Morgan fingerprint density at radius 1 is 1.06 bits per heavy atom. The molecule has 0 fully saturated rings. The number of esters is 1. The van der Waals surface area contributed by atoms with Crippen molar-refractivity contribution in [2.45, 2.75) is 16.7 Å². The fraction of sp³-hybridized carbons (Fsp3) is 0.0909. The van der Waals surface area contributed by atoms with Crippen LogP contribution in [-0.2, 0) is 4.79 Å². The van der Waals surface area contributed by atoms with Crippen LogP contribution in [-0.4, -0.2) is 29.0 Å². The first kappa shape index (κ1) is 20.8. The number of carbonyl (C=O) groups is 2. The van der Waals surface area contributed by atoms with Gasteiger partial charge in [0.05, 0.1) is 17.3 Å². The lowest BCUT2D eigenvalue weighted by Gasteiger charge is -2.11. The van der Waals surface area contributed by atoms with E-state index in [0.717, 1.165) is 20.0 Å². The molecule has 156 valence electrons. The van der Waals surface area contributed by atoms with Gasteiger partial charge in [-0.2, -0.15) is 0 Å². The first-order chi connectivity index (χ1) is 15.0. The number of rotatable bonds is 6. The molecule has 1 amide bonds. The summed E-state index contributed by atoms with van der Waals surface area (Å²) in [5.74, 6) is -0.920. The molecule has 2 aromatic heterocycles. The van der Waals surface area contributed by atoms with E-state index in [9.17, 15) is 9.59 Å². The Hall–Kier alpha value is -3.43. The van der Waals surface area contributed by atoms with Gasteiger partial charge < -0.3 is 9.47 Å². The number of hydrogen-bond donors (Lipinski definition) is 1. The van der Waals surface area contributed by atoms with Gasteiger partial charge in [-0.05, 0) is 30.3 Å². The fourth-order valence-corrected chi connectivity index (χ4v) is 4.65. The number of fused-ring (bicyclic) bond motifs is 1. The molecule has 0 atom stereocenters. The summed E-state index contributed by atoms with van der Waals surface area (Å²) in [4.78, 5) is 35.0. The fourth-order valence-electron chi connectivity index (χ4n) is 2.80. The number of amides is 1. The van der Waals surface area contributed by atoms with Crippen LogP contribution in [0.2, 0.25) is 0 Å². The average Bonchev–Trinajstić information content (AvgIpc) is 3.15. The van der Waals surface area contributed by atoms with Gasteiger partial charge in [-0.25, -0.2) is 9.97 Å². The molecule has 7 nitrogen and oxygen atoms in total. The number of benzene rings is 2. The normalized spacial score (nSPS) is 10.6. The minimum Gasteiger partial charge on any atom is -0.493 e. The lowest BCUT2D eigenvalue weighted by Crippen LogP contribution is -2.17. The third-order valence-corrected chi connectivity index (χ3v) is 6.04. The second-order valence-electron chi connectivity index (χ2n) is 6.30. The summed E-state index contributed by atoms with van der Waals surface area (Å²) in [5.41, 5.74) is 0.714. The number of aromatic nitrogens is 2. The van der Waals surface area contributed by atoms with Gasteiger partial charge in [0.1, 0.15) is 0 Å². The van der Waals surface area contributed by atoms with E-state index < -0.39 is 11.9 Å². The maximum atomic E-state index is 12.8. The van der Waals surface area contributed by atoms with Crippen molar-refractivity contribution in [3.63, 3.8) is 0 Å². The van der Waals surface area contributed by atoms with Gasteiger partial charge in [0, 0.05) is 29.0 Å². The van der Waals surface area contributed by atoms with Crippen LogP contribution in [0.25, 0.3) is 10.2 Å². The largest absolute Gasteiger partial charge is 0.493 e. The van der Waals surface area contributed by atoms with E-state index >= 15 is 0 Å². The topological polar surface area (TPSA) is 90.4 Å². The van der Waals surface area contributed by atoms with Gasteiger partial charge >= 0.3 is 5.97 Å². The van der Waals surface area contributed by atoms with Crippen LogP contribution in [0, 0.1) is 0 Å². The SMILES string of the molecule is COc1ccnc(C(=O)Nc2nc3ccc(Sc4ccccc4)cc3s2)c1OC(C)=O. The van der Waals surface area contributed by atoms with Crippen LogP contribution in [0.4, 0.5) is 5.13 Å².